The summed E-state index contributed by atoms with van der Waals surface area (Å²) in [5.41, 5.74) is 0. The number of carbonyl (C=O) groups excluding carboxylic acids is 1. The van der Waals surface area contributed by atoms with Gasteiger partial charge < -0.3 is 14.2 Å². The second-order valence-electron chi connectivity index (χ2n) is 4.04. The molecule has 0 amide bonds. The van der Waals surface area contributed by atoms with Crippen molar-refractivity contribution in [1.29, 1.82) is 0 Å². The number of hydrogen-bond donors (Lipinski definition) is 0. The standard InChI is InChI=1S/C13H16O4S/c1-9(13(14)15-2)8-18-10-3-4-11-12(7-10)17-6-5-16-11/h3-4,7,9H,5-6,8H2,1-2H3. The third kappa shape index (κ3) is 3.10. The number of ether oxygens (including phenoxy) is 3. The minimum absolute atomic E-state index is 0.117. The molecule has 5 heteroatoms. The van der Waals surface area contributed by atoms with E-state index in [1.165, 1.54) is 7.11 Å². The number of fused-ring (bicyclic) bond motifs is 1. The molecular formula is C13H16O4S. The van der Waals surface area contributed by atoms with Crippen molar-refractivity contribution in [3.05, 3.63) is 18.2 Å². The van der Waals surface area contributed by atoms with Crippen LogP contribution in [0.3, 0.4) is 0 Å². The van der Waals surface area contributed by atoms with E-state index in [0.29, 0.717) is 19.0 Å². The first-order valence-electron chi connectivity index (χ1n) is 5.81. The highest BCUT2D eigenvalue weighted by molar-refractivity contribution is 7.99. The molecule has 0 bridgehead atoms. The molecule has 0 saturated heterocycles. The van der Waals surface area contributed by atoms with Crippen LogP contribution < -0.4 is 9.47 Å². The molecule has 1 unspecified atom stereocenters. The summed E-state index contributed by atoms with van der Waals surface area (Å²) < 4.78 is 15.7. The molecule has 0 aromatic heterocycles. The normalized spacial score (nSPS) is 15.0. The Labute approximate surface area is 111 Å². The largest absolute Gasteiger partial charge is 0.486 e. The van der Waals surface area contributed by atoms with Crippen molar-refractivity contribution in [1.82, 2.24) is 0 Å². The molecule has 1 aliphatic rings. The fraction of sp³-hybridized carbons (Fsp3) is 0.462. The molecule has 0 N–H and O–H groups in total. The Morgan fingerprint density at radius 1 is 1.39 bits per heavy atom. The number of benzene rings is 1. The van der Waals surface area contributed by atoms with Crippen LogP contribution in [0.25, 0.3) is 0 Å². The Kier molecular flexibility index (Phi) is 4.36. The van der Waals surface area contributed by atoms with Crippen molar-refractivity contribution in [2.45, 2.75) is 11.8 Å². The molecule has 0 saturated carbocycles. The quantitative estimate of drug-likeness (QED) is 0.619. The Morgan fingerprint density at radius 3 is 2.83 bits per heavy atom. The minimum Gasteiger partial charge on any atom is -0.486 e. The van der Waals surface area contributed by atoms with Gasteiger partial charge in [0.1, 0.15) is 13.2 Å². The van der Waals surface area contributed by atoms with Crippen LogP contribution in [0.2, 0.25) is 0 Å². The first kappa shape index (κ1) is 13.1. The fourth-order valence-electron chi connectivity index (χ4n) is 1.60. The van der Waals surface area contributed by atoms with Crippen LogP contribution in [-0.4, -0.2) is 32.0 Å². The number of esters is 1. The lowest BCUT2D eigenvalue weighted by Crippen LogP contribution is -2.15. The lowest BCUT2D eigenvalue weighted by atomic mass is 10.2. The minimum atomic E-state index is -0.181. The summed E-state index contributed by atoms with van der Waals surface area (Å²) in [4.78, 5) is 12.4. The number of carbonyl (C=O) groups is 1. The summed E-state index contributed by atoms with van der Waals surface area (Å²) >= 11 is 1.61. The lowest BCUT2D eigenvalue weighted by Gasteiger charge is -2.18. The van der Waals surface area contributed by atoms with E-state index in [4.69, 9.17) is 14.2 Å². The van der Waals surface area contributed by atoms with Gasteiger partial charge in [-0.1, -0.05) is 6.92 Å². The van der Waals surface area contributed by atoms with Crippen molar-refractivity contribution in [2.24, 2.45) is 5.92 Å². The van der Waals surface area contributed by atoms with Gasteiger partial charge in [-0.2, -0.15) is 0 Å². The van der Waals surface area contributed by atoms with Gasteiger partial charge in [-0.05, 0) is 18.2 Å². The number of thioether (sulfide) groups is 1. The van der Waals surface area contributed by atoms with Gasteiger partial charge in [0.25, 0.3) is 0 Å². The van der Waals surface area contributed by atoms with Crippen molar-refractivity contribution in [3.63, 3.8) is 0 Å². The average molecular weight is 268 g/mol. The zero-order valence-corrected chi connectivity index (χ0v) is 11.3. The molecule has 1 aromatic carbocycles. The number of rotatable bonds is 4. The molecule has 0 spiro atoms. The van der Waals surface area contributed by atoms with Gasteiger partial charge in [-0.15, -0.1) is 11.8 Å². The highest BCUT2D eigenvalue weighted by Crippen LogP contribution is 2.34. The maximum Gasteiger partial charge on any atom is 0.309 e. The van der Waals surface area contributed by atoms with Gasteiger partial charge in [-0.25, -0.2) is 0 Å². The van der Waals surface area contributed by atoms with Crippen molar-refractivity contribution < 1.29 is 19.0 Å². The molecule has 1 aliphatic heterocycles. The summed E-state index contributed by atoms with van der Waals surface area (Å²) in [6, 6.07) is 5.82. The van der Waals surface area contributed by atoms with Gasteiger partial charge in [0, 0.05) is 10.6 Å². The third-order valence-electron chi connectivity index (χ3n) is 2.62. The summed E-state index contributed by atoms with van der Waals surface area (Å²) in [6.45, 7) is 3.04. The second-order valence-corrected chi connectivity index (χ2v) is 5.13. The predicted molar refractivity (Wildman–Crippen MR) is 69.3 cm³/mol. The molecule has 2 rings (SSSR count). The molecule has 0 fully saturated rings. The maximum absolute atomic E-state index is 11.3. The van der Waals surface area contributed by atoms with Crippen LogP contribution in [0.4, 0.5) is 0 Å². The second kappa shape index (κ2) is 6.00. The molecule has 98 valence electrons. The first-order chi connectivity index (χ1) is 8.70. The Bertz CT molecular complexity index is 433. The van der Waals surface area contributed by atoms with Crippen molar-refractivity contribution in [2.75, 3.05) is 26.1 Å². The molecular weight excluding hydrogens is 252 g/mol. The zero-order valence-electron chi connectivity index (χ0n) is 10.5. The molecule has 1 aromatic rings. The summed E-state index contributed by atoms with van der Waals surface area (Å²) in [5.74, 6) is 1.95. The van der Waals surface area contributed by atoms with Crippen LogP contribution in [0.1, 0.15) is 6.92 Å². The van der Waals surface area contributed by atoms with Crippen molar-refractivity contribution >= 4 is 17.7 Å². The molecule has 4 nitrogen and oxygen atoms in total. The highest BCUT2D eigenvalue weighted by Gasteiger charge is 2.15. The van der Waals surface area contributed by atoms with E-state index < -0.39 is 0 Å². The fourth-order valence-corrected chi connectivity index (χ4v) is 2.54. The van der Waals surface area contributed by atoms with Gasteiger partial charge in [0.15, 0.2) is 11.5 Å². The van der Waals surface area contributed by atoms with E-state index >= 15 is 0 Å². The smallest absolute Gasteiger partial charge is 0.309 e. The number of methoxy groups -OCH3 is 1. The highest BCUT2D eigenvalue weighted by atomic mass is 32.2. The van der Waals surface area contributed by atoms with Gasteiger partial charge >= 0.3 is 5.97 Å². The van der Waals surface area contributed by atoms with Crippen LogP contribution >= 0.6 is 11.8 Å². The monoisotopic (exact) mass is 268 g/mol. The topological polar surface area (TPSA) is 44.8 Å². The summed E-state index contributed by atoms with van der Waals surface area (Å²) in [5, 5.41) is 0. The van der Waals surface area contributed by atoms with E-state index in [2.05, 4.69) is 0 Å². The van der Waals surface area contributed by atoms with E-state index in [-0.39, 0.29) is 11.9 Å². The molecule has 0 radical (unpaired) electrons. The van der Waals surface area contributed by atoms with E-state index in [0.717, 1.165) is 16.4 Å². The lowest BCUT2D eigenvalue weighted by molar-refractivity contribution is -0.143. The van der Waals surface area contributed by atoms with E-state index in [1.807, 2.05) is 25.1 Å². The average Bonchev–Trinajstić information content (AvgIpc) is 2.43. The van der Waals surface area contributed by atoms with E-state index in [9.17, 15) is 4.79 Å². The summed E-state index contributed by atoms with van der Waals surface area (Å²) in [7, 11) is 1.41. The Balaban J connectivity index is 1.96. The third-order valence-corrected chi connectivity index (χ3v) is 3.87. The van der Waals surface area contributed by atoms with Gasteiger partial charge in [0.2, 0.25) is 0 Å². The predicted octanol–water partition coefficient (Wildman–Crippen LogP) is 2.36. The number of hydrogen-bond acceptors (Lipinski definition) is 5. The Morgan fingerprint density at radius 2 is 2.11 bits per heavy atom. The van der Waals surface area contributed by atoms with Crippen molar-refractivity contribution in [3.8, 4) is 11.5 Å². The van der Waals surface area contributed by atoms with Crippen LogP contribution in [0.15, 0.2) is 23.1 Å². The summed E-state index contributed by atoms with van der Waals surface area (Å²) in [6.07, 6.45) is 0. The maximum atomic E-state index is 11.3. The molecule has 1 heterocycles. The first-order valence-corrected chi connectivity index (χ1v) is 6.79. The van der Waals surface area contributed by atoms with Crippen LogP contribution in [0.5, 0.6) is 11.5 Å². The molecule has 18 heavy (non-hydrogen) atoms. The SMILES string of the molecule is COC(=O)C(C)CSc1ccc2c(c1)OCCO2. The van der Waals surface area contributed by atoms with Gasteiger partial charge in [-0.3, -0.25) is 4.79 Å². The van der Waals surface area contributed by atoms with Crippen LogP contribution in [-0.2, 0) is 9.53 Å². The molecule has 1 atom stereocenters. The Hall–Kier alpha value is -1.36. The van der Waals surface area contributed by atoms with Crippen LogP contribution in [0, 0.1) is 5.92 Å². The zero-order chi connectivity index (χ0) is 13.0. The molecule has 0 aliphatic carbocycles. The van der Waals surface area contributed by atoms with Gasteiger partial charge in [0.05, 0.1) is 13.0 Å². The van der Waals surface area contributed by atoms with E-state index in [1.54, 1.807) is 11.8 Å².